The molecule has 0 spiro atoms. The maximum absolute atomic E-state index is 13.6. The summed E-state index contributed by atoms with van der Waals surface area (Å²) in [6.07, 6.45) is 0. The molecule has 8 heteroatoms. The van der Waals surface area contributed by atoms with E-state index in [1.807, 2.05) is 80.6 Å². The van der Waals surface area contributed by atoms with Crippen molar-refractivity contribution in [3.05, 3.63) is 112 Å². The molecule has 1 atom stereocenters. The number of nitrogens with zero attached hydrogens (tertiary/aromatic N) is 3. The number of allylic oxidation sites excluding steroid dienone is 1. The number of hydrogen-bond donors (Lipinski definition) is 2. The van der Waals surface area contributed by atoms with Crippen LogP contribution in [0.4, 0.5) is 11.6 Å². The molecule has 0 aliphatic carbocycles. The maximum atomic E-state index is 13.6. The predicted molar refractivity (Wildman–Crippen MR) is 142 cm³/mol. The Morgan fingerprint density at radius 2 is 1.74 bits per heavy atom. The molecule has 1 aromatic heterocycles. The number of aromatic nitrogens is 3. The Bertz CT molecular complexity index is 1420. The third kappa shape index (κ3) is 4.83. The first-order valence-corrected chi connectivity index (χ1v) is 12.6. The van der Waals surface area contributed by atoms with Gasteiger partial charge in [-0.3, -0.25) is 4.79 Å². The number of carbonyl (C=O) groups excluding carboxylic acids is 1. The molecule has 0 radical (unpaired) electrons. The van der Waals surface area contributed by atoms with E-state index in [0.29, 0.717) is 27.4 Å². The van der Waals surface area contributed by atoms with Gasteiger partial charge in [0.05, 0.1) is 5.57 Å². The van der Waals surface area contributed by atoms with Gasteiger partial charge in [-0.15, -0.1) is 5.10 Å². The number of aryl methyl sites for hydroxylation is 1. The molecule has 5 rings (SSSR count). The average Bonchev–Trinajstić information content (AvgIpc) is 3.27. The van der Waals surface area contributed by atoms with Crippen LogP contribution in [0.25, 0.3) is 0 Å². The molecule has 0 saturated heterocycles. The van der Waals surface area contributed by atoms with Gasteiger partial charge in [0.1, 0.15) is 6.04 Å². The van der Waals surface area contributed by atoms with Gasteiger partial charge in [-0.1, -0.05) is 90.1 Å². The smallest absolute Gasteiger partial charge is 0.255 e. The number of para-hydroxylation sites is 1. The fourth-order valence-corrected chi connectivity index (χ4v) is 5.12. The molecule has 4 aromatic rings. The number of anilines is 2. The molecule has 3 aromatic carbocycles. The summed E-state index contributed by atoms with van der Waals surface area (Å²) in [6.45, 7) is 3.85. The summed E-state index contributed by atoms with van der Waals surface area (Å²) in [5.41, 5.74) is 4.97. The summed E-state index contributed by atoms with van der Waals surface area (Å²) < 4.78 is 1.76. The highest BCUT2D eigenvalue weighted by atomic mass is 35.5. The van der Waals surface area contributed by atoms with Crippen LogP contribution in [-0.2, 0) is 10.5 Å². The monoisotopic (exact) mass is 501 g/mol. The van der Waals surface area contributed by atoms with Crippen LogP contribution in [0.2, 0.25) is 5.02 Å². The van der Waals surface area contributed by atoms with Crippen molar-refractivity contribution in [1.29, 1.82) is 0 Å². The molecule has 2 N–H and O–H groups in total. The third-order valence-corrected chi connectivity index (χ3v) is 7.13. The predicted octanol–water partition coefficient (Wildman–Crippen LogP) is 6.46. The van der Waals surface area contributed by atoms with Crippen LogP contribution in [0.3, 0.4) is 0 Å². The Morgan fingerprint density at radius 1 is 1.03 bits per heavy atom. The Labute approximate surface area is 213 Å². The van der Waals surface area contributed by atoms with Gasteiger partial charge in [-0.2, -0.15) is 4.98 Å². The first-order chi connectivity index (χ1) is 17.0. The lowest BCUT2D eigenvalue weighted by atomic mass is 9.95. The minimum absolute atomic E-state index is 0.214. The molecular formula is C27H24ClN5OS. The molecule has 1 unspecified atom stereocenters. The zero-order valence-corrected chi connectivity index (χ0v) is 20.9. The highest BCUT2D eigenvalue weighted by molar-refractivity contribution is 7.98. The second kappa shape index (κ2) is 9.98. The van der Waals surface area contributed by atoms with Crippen LogP contribution >= 0.6 is 23.4 Å². The van der Waals surface area contributed by atoms with Gasteiger partial charge >= 0.3 is 0 Å². The lowest BCUT2D eigenvalue weighted by Gasteiger charge is -2.29. The Balaban J connectivity index is 1.52. The second-order valence-electron chi connectivity index (χ2n) is 8.29. The normalized spacial score (nSPS) is 14.9. The van der Waals surface area contributed by atoms with E-state index in [9.17, 15) is 4.79 Å². The lowest BCUT2D eigenvalue weighted by Crippen LogP contribution is -2.31. The molecule has 1 amide bonds. The molecule has 35 heavy (non-hydrogen) atoms. The van der Waals surface area contributed by atoms with Crippen LogP contribution in [0, 0.1) is 6.92 Å². The van der Waals surface area contributed by atoms with Gasteiger partial charge in [0.2, 0.25) is 11.1 Å². The van der Waals surface area contributed by atoms with E-state index in [1.165, 1.54) is 5.56 Å². The Kier molecular flexibility index (Phi) is 6.61. The van der Waals surface area contributed by atoms with Gasteiger partial charge in [0.25, 0.3) is 5.91 Å². The van der Waals surface area contributed by atoms with E-state index in [-0.39, 0.29) is 5.91 Å². The number of carbonyl (C=O) groups is 1. The lowest BCUT2D eigenvalue weighted by molar-refractivity contribution is -0.113. The molecule has 1 aliphatic rings. The van der Waals surface area contributed by atoms with Crippen molar-refractivity contribution in [1.82, 2.24) is 14.8 Å². The van der Waals surface area contributed by atoms with Crippen molar-refractivity contribution >= 4 is 40.9 Å². The van der Waals surface area contributed by atoms with E-state index < -0.39 is 6.04 Å². The summed E-state index contributed by atoms with van der Waals surface area (Å²) in [5.74, 6) is 1.11. The second-order valence-corrected chi connectivity index (χ2v) is 9.64. The summed E-state index contributed by atoms with van der Waals surface area (Å²) in [5, 5.41) is 12.3. The molecule has 0 saturated carbocycles. The molecule has 1 aliphatic heterocycles. The Hall–Kier alpha value is -3.55. The maximum Gasteiger partial charge on any atom is 0.255 e. The highest BCUT2D eigenvalue weighted by Gasteiger charge is 2.35. The van der Waals surface area contributed by atoms with Crippen molar-refractivity contribution in [2.24, 2.45) is 0 Å². The van der Waals surface area contributed by atoms with Crippen LogP contribution in [0.5, 0.6) is 0 Å². The highest BCUT2D eigenvalue weighted by Crippen LogP contribution is 2.39. The van der Waals surface area contributed by atoms with Crippen LogP contribution in [-0.4, -0.2) is 20.7 Å². The number of halogens is 1. The van der Waals surface area contributed by atoms with E-state index >= 15 is 0 Å². The quantitative estimate of drug-likeness (QED) is 0.297. The zero-order chi connectivity index (χ0) is 24.4. The largest absolute Gasteiger partial charge is 0.328 e. The number of hydrogen-bond acceptors (Lipinski definition) is 5. The summed E-state index contributed by atoms with van der Waals surface area (Å²) >= 11 is 8.18. The van der Waals surface area contributed by atoms with E-state index in [2.05, 4.69) is 22.8 Å². The van der Waals surface area contributed by atoms with Crippen molar-refractivity contribution in [2.75, 3.05) is 10.6 Å². The molecule has 0 bridgehead atoms. The van der Waals surface area contributed by atoms with E-state index in [0.717, 1.165) is 22.6 Å². The molecule has 176 valence electrons. The number of nitrogens with one attached hydrogen (secondary N) is 2. The third-order valence-electron chi connectivity index (χ3n) is 5.88. The van der Waals surface area contributed by atoms with Crippen LogP contribution in [0.1, 0.15) is 29.7 Å². The van der Waals surface area contributed by atoms with Gasteiger partial charge in [-0.25, -0.2) is 4.68 Å². The number of fused-ring (bicyclic) bond motifs is 1. The molecule has 2 heterocycles. The van der Waals surface area contributed by atoms with Gasteiger partial charge in [0, 0.05) is 27.7 Å². The van der Waals surface area contributed by atoms with Crippen molar-refractivity contribution < 1.29 is 4.79 Å². The van der Waals surface area contributed by atoms with Crippen LogP contribution < -0.4 is 10.6 Å². The summed E-state index contributed by atoms with van der Waals surface area (Å²) in [6, 6.07) is 24.9. The van der Waals surface area contributed by atoms with Crippen molar-refractivity contribution in [3.8, 4) is 0 Å². The Morgan fingerprint density at radius 3 is 2.51 bits per heavy atom. The van der Waals surface area contributed by atoms with Gasteiger partial charge in [-0.05, 0) is 37.1 Å². The molecule has 0 fully saturated rings. The SMILES string of the molecule is CC1=C(C(=O)Nc2ccccc2C)C(c2ccccc2Cl)n2nc(SCc3ccccc3)nc2N1. The van der Waals surface area contributed by atoms with E-state index in [1.54, 1.807) is 16.4 Å². The fourth-order valence-electron chi connectivity index (χ4n) is 4.10. The number of benzene rings is 3. The van der Waals surface area contributed by atoms with E-state index in [4.69, 9.17) is 21.7 Å². The van der Waals surface area contributed by atoms with Gasteiger partial charge in [0.15, 0.2) is 0 Å². The minimum atomic E-state index is -0.525. The minimum Gasteiger partial charge on any atom is -0.328 e. The standard InChI is InChI=1S/C27H24ClN5OS/c1-17-10-6-9-15-22(17)30-25(34)23-18(2)29-26-31-27(35-16-19-11-4-3-5-12-19)32-33(26)24(23)20-13-7-8-14-21(20)28/h3-15,24H,16H2,1-2H3,(H,30,34)(H,29,31,32). The zero-order valence-electron chi connectivity index (χ0n) is 19.3. The van der Waals surface area contributed by atoms with Crippen LogP contribution in [0.15, 0.2) is 95.3 Å². The van der Waals surface area contributed by atoms with Gasteiger partial charge < -0.3 is 10.6 Å². The molecule has 6 nitrogen and oxygen atoms in total. The summed E-state index contributed by atoms with van der Waals surface area (Å²) in [7, 11) is 0. The average molecular weight is 502 g/mol. The number of rotatable bonds is 6. The fraction of sp³-hybridized carbons (Fsp3) is 0.148. The van der Waals surface area contributed by atoms with Crippen molar-refractivity contribution in [3.63, 3.8) is 0 Å². The first kappa shape index (κ1) is 23.2. The number of thioether (sulfide) groups is 1. The van der Waals surface area contributed by atoms with Crippen molar-refractivity contribution in [2.45, 2.75) is 30.8 Å². The first-order valence-electron chi connectivity index (χ1n) is 11.2. The topological polar surface area (TPSA) is 71.8 Å². The number of amides is 1. The summed E-state index contributed by atoms with van der Waals surface area (Å²) in [4.78, 5) is 18.3. The molecular weight excluding hydrogens is 478 g/mol.